The number of nitrogens with zero attached hydrogens (tertiary/aromatic N) is 1. The number of nitro groups is 1. The molecule has 2 N–H and O–H groups in total. The predicted molar refractivity (Wildman–Crippen MR) is 70.2 cm³/mol. The van der Waals surface area contributed by atoms with Crippen molar-refractivity contribution in [1.82, 2.24) is 5.32 Å². The summed E-state index contributed by atoms with van der Waals surface area (Å²) < 4.78 is 13.2. The molecule has 0 bridgehead atoms. The normalized spacial score (nSPS) is 12.7. The number of rotatable bonds is 7. The number of aliphatic hydroxyl groups is 1. The SMILES string of the molecule is CC(C)CC(CO)NCc1cc(F)cc([N+](=O)[O-])c1. The van der Waals surface area contributed by atoms with Crippen LogP contribution in [0.1, 0.15) is 25.8 Å². The van der Waals surface area contributed by atoms with Gasteiger partial charge in [-0.1, -0.05) is 13.8 Å². The van der Waals surface area contributed by atoms with Gasteiger partial charge >= 0.3 is 0 Å². The van der Waals surface area contributed by atoms with Gasteiger partial charge in [-0.05, 0) is 24.0 Å². The lowest BCUT2D eigenvalue weighted by atomic mass is 10.0. The minimum absolute atomic E-state index is 0.0183. The van der Waals surface area contributed by atoms with Gasteiger partial charge in [0, 0.05) is 18.7 Å². The lowest BCUT2D eigenvalue weighted by Crippen LogP contribution is -2.33. The molecule has 0 radical (unpaired) electrons. The molecule has 0 aliphatic carbocycles. The molecule has 0 saturated heterocycles. The van der Waals surface area contributed by atoms with Crippen molar-refractivity contribution in [2.45, 2.75) is 32.9 Å². The van der Waals surface area contributed by atoms with Crippen LogP contribution in [0.3, 0.4) is 0 Å². The predicted octanol–water partition coefficient (Wildman–Crippen LogP) is 2.23. The molecular formula is C13H19FN2O3. The van der Waals surface area contributed by atoms with Crippen molar-refractivity contribution < 1.29 is 14.4 Å². The van der Waals surface area contributed by atoms with E-state index in [9.17, 15) is 19.6 Å². The number of benzene rings is 1. The second kappa shape index (κ2) is 7.16. The van der Waals surface area contributed by atoms with Crippen LogP contribution in [0.4, 0.5) is 10.1 Å². The van der Waals surface area contributed by atoms with Gasteiger partial charge in [-0.15, -0.1) is 0 Å². The molecule has 1 rings (SSSR count). The molecule has 0 saturated carbocycles. The van der Waals surface area contributed by atoms with Crippen LogP contribution in [0.25, 0.3) is 0 Å². The van der Waals surface area contributed by atoms with Gasteiger partial charge < -0.3 is 10.4 Å². The van der Waals surface area contributed by atoms with Crippen LogP contribution in [0, 0.1) is 21.8 Å². The van der Waals surface area contributed by atoms with Gasteiger partial charge in [-0.3, -0.25) is 10.1 Å². The maximum atomic E-state index is 13.2. The van der Waals surface area contributed by atoms with E-state index < -0.39 is 10.7 Å². The first kappa shape index (κ1) is 15.5. The number of nitrogens with one attached hydrogen (secondary N) is 1. The molecule has 0 aliphatic heterocycles. The van der Waals surface area contributed by atoms with E-state index in [-0.39, 0.29) is 24.9 Å². The zero-order valence-corrected chi connectivity index (χ0v) is 11.1. The van der Waals surface area contributed by atoms with Gasteiger partial charge in [0.2, 0.25) is 0 Å². The minimum atomic E-state index is -0.629. The Morgan fingerprint density at radius 2 is 2.11 bits per heavy atom. The number of nitro benzene ring substituents is 1. The van der Waals surface area contributed by atoms with Crippen molar-refractivity contribution in [3.63, 3.8) is 0 Å². The van der Waals surface area contributed by atoms with Gasteiger partial charge in [-0.2, -0.15) is 0 Å². The summed E-state index contributed by atoms with van der Waals surface area (Å²) in [4.78, 5) is 10.0. The first-order chi connectivity index (χ1) is 8.92. The highest BCUT2D eigenvalue weighted by atomic mass is 19.1. The molecular weight excluding hydrogens is 251 g/mol. The lowest BCUT2D eigenvalue weighted by molar-refractivity contribution is -0.385. The standard InChI is InChI=1S/C13H19FN2O3/c1-9(2)3-12(8-17)15-7-10-4-11(14)6-13(5-10)16(18)19/h4-6,9,12,15,17H,3,7-8H2,1-2H3. The lowest BCUT2D eigenvalue weighted by Gasteiger charge is -2.18. The number of aliphatic hydroxyl groups excluding tert-OH is 1. The van der Waals surface area contributed by atoms with Crippen LogP contribution >= 0.6 is 0 Å². The van der Waals surface area contributed by atoms with Crippen LogP contribution in [0.5, 0.6) is 0 Å². The minimum Gasteiger partial charge on any atom is -0.395 e. The third-order valence-corrected chi connectivity index (χ3v) is 2.72. The fraction of sp³-hybridized carbons (Fsp3) is 0.538. The monoisotopic (exact) mass is 270 g/mol. The summed E-state index contributed by atoms with van der Waals surface area (Å²) >= 11 is 0. The fourth-order valence-corrected chi connectivity index (χ4v) is 1.89. The van der Waals surface area contributed by atoms with Crippen molar-refractivity contribution in [2.75, 3.05) is 6.61 Å². The van der Waals surface area contributed by atoms with Gasteiger partial charge in [0.1, 0.15) is 5.82 Å². The molecule has 1 aromatic carbocycles. The third kappa shape index (κ3) is 5.32. The Labute approximate surface area is 111 Å². The molecule has 0 aromatic heterocycles. The average molecular weight is 270 g/mol. The molecule has 0 aliphatic rings. The van der Waals surface area contributed by atoms with Gasteiger partial charge in [0.25, 0.3) is 5.69 Å². The Morgan fingerprint density at radius 3 is 2.63 bits per heavy atom. The largest absolute Gasteiger partial charge is 0.395 e. The van der Waals surface area contributed by atoms with E-state index >= 15 is 0 Å². The summed E-state index contributed by atoms with van der Waals surface area (Å²) in [6, 6.07) is 3.38. The van der Waals surface area contributed by atoms with Gasteiger partial charge in [0.15, 0.2) is 0 Å². The first-order valence-corrected chi connectivity index (χ1v) is 6.20. The number of non-ortho nitro benzene ring substituents is 1. The molecule has 0 amide bonds. The van der Waals surface area contributed by atoms with Gasteiger partial charge in [0.05, 0.1) is 17.6 Å². The van der Waals surface area contributed by atoms with E-state index in [2.05, 4.69) is 5.32 Å². The highest BCUT2D eigenvalue weighted by Gasteiger charge is 2.12. The Hall–Kier alpha value is -1.53. The maximum Gasteiger partial charge on any atom is 0.272 e. The zero-order chi connectivity index (χ0) is 14.4. The fourth-order valence-electron chi connectivity index (χ4n) is 1.89. The quantitative estimate of drug-likeness (QED) is 0.588. The highest BCUT2D eigenvalue weighted by molar-refractivity contribution is 5.35. The summed E-state index contributed by atoms with van der Waals surface area (Å²) in [6.07, 6.45) is 0.786. The van der Waals surface area contributed by atoms with Crippen LogP contribution in [0.2, 0.25) is 0 Å². The van der Waals surface area contributed by atoms with E-state index in [1.165, 1.54) is 12.1 Å². The molecule has 0 fully saturated rings. The summed E-state index contributed by atoms with van der Waals surface area (Å²) in [7, 11) is 0. The average Bonchev–Trinajstić information content (AvgIpc) is 2.33. The number of halogens is 1. The molecule has 1 aromatic rings. The van der Waals surface area contributed by atoms with Gasteiger partial charge in [-0.25, -0.2) is 4.39 Å². The molecule has 1 unspecified atom stereocenters. The molecule has 6 heteroatoms. The van der Waals surface area contributed by atoms with Crippen LogP contribution in [-0.4, -0.2) is 22.7 Å². The van der Waals surface area contributed by atoms with Crippen LogP contribution in [-0.2, 0) is 6.54 Å². The summed E-state index contributed by atoms with van der Waals surface area (Å²) in [5.41, 5.74) is 0.232. The van der Waals surface area contributed by atoms with E-state index in [0.29, 0.717) is 11.5 Å². The Morgan fingerprint density at radius 1 is 1.42 bits per heavy atom. The summed E-state index contributed by atoms with van der Waals surface area (Å²) in [5.74, 6) is -0.207. The Balaban J connectivity index is 2.68. The number of hydrogen-bond acceptors (Lipinski definition) is 4. The van der Waals surface area contributed by atoms with E-state index in [0.717, 1.165) is 12.5 Å². The van der Waals surface area contributed by atoms with Crippen molar-refractivity contribution in [2.24, 2.45) is 5.92 Å². The number of hydrogen-bond donors (Lipinski definition) is 2. The highest BCUT2D eigenvalue weighted by Crippen LogP contribution is 2.16. The summed E-state index contributed by atoms with van der Waals surface area (Å²) in [5, 5.41) is 22.9. The Kier molecular flexibility index (Phi) is 5.85. The van der Waals surface area contributed by atoms with E-state index in [1.807, 2.05) is 13.8 Å². The van der Waals surface area contributed by atoms with E-state index in [1.54, 1.807) is 0 Å². The molecule has 0 heterocycles. The molecule has 19 heavy (non-hydrogen) atoms. The molecule has 106 valence electrons. The molecule has 0 spiro atoms. The summed E-state index contributed by atoms with van der Waals surface area (Å²) in [6.45, 7) is 4.35. The molecule has 1 atom stereocenters. The second-order valence-corrected chi connectivity index (χ2v) is 4.96. The maximum absolute atomic E-state index is 13.2. The second-order valence-electron chi connectivity index (χ2n) is 4.96. The smallest absolute Gasteiger partial charge is 0.272 e. The zero-order valence-electron chi connectivity index (χ0n) is 11.1. The van der Waals surface area contributed by atoms with Crippen molar-refractivity contribution in [1.29, 1.82) is 0 Å². The Bertz CT molecular complexity index is 438. The topological polar surface area (TPSA) is 75.4 Å². The van der Waals surface area contributed by atoms with Crippen LogP contribution < -0.4 is 5.32 Å². The van der Waals surface area contributed by atoms with Crippen LogP contribution in [0.15, 0.2) is 18.2 Å². The van der Waals surface area contributed by atoms with Crippen molar-refractivity contribution >= 4 is 5.69 Å². The van der Waals surface area contributed by atoms with E-state index in [4.69, 9.17) is 0 Å². The van der Waals surface area contributed by atoms with Crippen molar-refractivity contribution in [3.8, 4) is 0 Å². The van der Waals surface area contributed by atoms with Crippen molar-refractivity contribution in [3.05, 3.63) is 39.7 Å². The third-order valence-electron chi connectivity index (χ3n) is 2.72. The molecule has 5 nitrogen and oxygen atoms in total. The first-order valence-electron chi connectivity index (χ1n) is 6.20.